The van der Waals surface area contributed by atoms with Crippen LogP contribution in [0.1, 0.15) is 98.0 Å². The van der Waals surface area contributed by atoms with E-state index in [1.54, 1.807) is 32.9 Å². The van der Waals surface area contributed by atoms with Crippen molar-refractivity contribution in [3.8, 4) is 0 Å². The highest BCUT2D eigenvalue weighted by molar-refractivity contribution is 9.09. The zero-order chi connectivity index (χ0) is 44.6. The van der Waals surface area contributed by atoms with Crippen LogP contribution in [0, 0.1) is 45.3 Å². The lowest BCUT2D eigenvalue weighted by molar-refractivity contribution is -0.166. The van der Waals surface area contributed by atoms with Gasteiger partial charge in [0.2, 0.25) is 17.7 Å². The van der Waals surface area contributed by atoms with E-state index < -0.39 is 47.1 Å². The number of alkyl halides is 1. The topological polar surface area (TPSA) is 191 Å². The molecule has 1 aliphatic heterocycles. The van der Waals surface area contributed by atoms with E-state index in [9.17, 15) is 39.0 Å². The average Bonchev–Trinajstić information content (AvgIpc) is 3.69. The van der Waals surface area contributed by atoms with Crippen LogP contribution in [0.2, 0.25) is 0 Å². The summed E-state index contributed by atoms with van der Waals surface area (Å²) < 4.78 is 5.42. The predicted octanol–water partition coefficient (Wildman–Crippen LogP) is 4.26. The number of carbonyl (C=O) groups is 6. The van der Waals surface area contributed by atoms with E-state index in [1.165, 1.54) is 5.56 Å². The molecular weight excluding hydrogens is 856 g/mol. The van der Waals surface area contributed by atoms with E-state index in [0.717, 1.165) is 56.2 Å². The Hall–Kier alpha value is -3.88. The number of nitrogens with one attached hydrogen (secondary N) is 3. The van der Waals surface area contributed by atoms with Crippen LogP contribution in [-0.4, -0.2) is 100 Å². The van der Waals surface area contributed by atoms with Gasteiger partial charge in [-0.15, -0.1) is 0 Å². The molecule has 9 rings (SSSR count). The van der Waals surface area contributed by atoms with E-state index in [4.69, 9.17) is 4.74 Å². The van der Waals surface area contributed by atoms with Crippen molar-refractivity contribution in [2.75, 3.05) is 36.5 Å². The number of ether oxygens (including phenoxy) is 1. The molecule has 0 radical (unpaired) electrons. The molecule has 0 aromatic heterocycles. The van der Waals surface area contributed by atoms with Crippen molar-refractivity contribution in [1.82, 2.24) is 16.0 Å². The molecule has 3 amide bonds. The van der Waals surface area contributed by atoms with E-state index >= 15 is 0 Å². The number of Topliss-reactive ketones (excluding diaryl/α,β-unsaturated/α-hetero) is 1. The molecule has 6 saturated carbocycles. The molecule has 13 nitrogen and oxygen atoms in total. The van der Waals surface area contributed by atoms with Crippen molar-refractivity contribution in [2.45, 2.75) is 122 Å². The highest BCUT2D eigenvalue weighted by atomic mass is 79.9. The molecule has 1 heterocycles. The number of halogens is 1. The molecule has 1 saturated heterocycles. The average molecular weight is 920 g/mol. The highest BCUT2D eigenvalue weighted by Gasteiger charge is 2.73. The molecule has 7 aliphatic carbocycles. The zero-order valence-corrected chi connectivity index (χ0v) is 38.3. The Morgan fingerprint density at radius 3 is 2.42 bits per heavy atom. The second-order valence-corrected chi connectivity index (χ2v) is 21.9. The summed E-state index contributed by atoms with van der Waals surface area (Å²) in [5.74, 6) is -1.36. The summed E-state index contributed by atoms with van der Waals surface area (Å²) in [5, 5.41) is 30.9. The van der Waals surface area contributed by atoms with Gasteiger partial charge in [0.1, 0.15) is 18.2 Å². The minimum absolute atomic E-state index is 0.0105. The Labute approximate surface area is 372 Å². The number of aliphatic hydroxyl groups is 2. The van der Waals surface area contributed by atoms with Crippen molar-refractivity contribution >= 4 is 56.9 Å². The molecule has 62 heavy (non-hydrogen) atoms. The Kier molecular flexibility index (Phi) is 11.5. The molecule has 2 bridgehead atoms. The van der Waals surface area contributed by atoms with E-state index in [-0.39, 0.29) is 88.1 Å². The Morgan fingerprint density at radius 1 is 1.05 bits per heavy atom. The van der Waals surface area contributed by atoms with Gasteiger partial charge in [-0.2, -0.15) is 0 Å². The molecule has 9 atom stereocenters. The van der Waals surface area contributed by atoms with Gasteiger partial charge in [-0.25, -0.2) is 0 Å². The van der Waals surface area contributed by atoms with E-state index in [2.05, 4.69) is 74.9 Å². The number of fused-ring (bicyclic) bond motifs is 7. The smallest absolute Gasteiger partial charge is 0.306 e. The fraction of sp³-hybridized carbons (Fsp3) is 0.667. The third-order valence-electron chi connectivity index (χ3n) is 16.3. The number of benzene rings is 1. The third-order valence-corrected chi connectivity index (χ3v) is 16.9. The number of carbonyl (C=O) groups excluding carboxylic acids is 6. The minimum atomic E-state index is -0.970. The summed E-state index contributed by atoms with van der Waals surface area (Å²) in [7, 11) is 0. The first-order chi connectivity index (χ1) is 29.2. The standard InChI is InChI=1S/C48H63BrN4O9/c1-43(2,3)62-40(60)13-12-35(51-39(59)21-50-38(58)20-49)42(61)52-47-24-46(25-47,26-47)18-28-6-9-31(10-7-28)53-22-30-17-34-33-11-8-29-16-32(55)14-15-44(29,4)41(33)36(56)19-45(34,5)48(30,27-53)37(57)23-54/h6-7,9-10,14-16,30,33-36,41,54,56H,8,11-13,17-27H2,1-5H3,(H,50,58)(H,51,59)(H,52,61)/t30-,33-,34-,35-,36-,41+,44-,45-,46?,47?,48+/m0/s1. The summed E-state index contributed by atoms with van der Waals surface area (Å²) >= 11 is 3.05. The second kappa shape index (κ2) is 16.0. The number of hydrogen-bond donors (Lipinski definition) is 5. The minimum Gasteiger partial charge on any atom is -0.460 e. The van der Waals surface area contributed by atoms with E-state index in [0.29, 0.717) is 19.5 Å². The summed E-state index contributed by atoms with van der Waals surface area (Å²) in [5.41, 5.74) is 0.702. The molecule has 336 valence electrons. The molecule has 1 aromatic carbocycles. The molecule has 0 spiro atoms. The summed E-state index contributed by atoms with van der Waals surface area (Å²) in [4.78, 5) is 79.2. The number of nitrogens with zero attached hydrogens (tertiary/aromatic N) is 1. The Balaban J connectivity index is 0.892. The van der Waals surface area contributed by atoms with Crippen molar-refractivity contribution in [3.05, 3.63) is 53.6 Å². The maximum absolute atomic E-state index is 14.1. The quantitative estimate of drug-likeness (QED) is 0.133. The lowest BCUT2D eigenvalue weighted by Crippen LogP contribution is -2.76. The first kappa shape index (κ1) is 44.7. The first-order valence-corrected chi connectivity index (χ1v) is 23.6. The molecule has 7 fully saturated rings. The van der Waals surface area contributed by atoms with Crippen molar-refractivity contribution < 1.29 is 43.7 Å². The summed E-state index contributed by atoms with van der Waals surface area (Å²) in [6.45, 7) is 10.1. The predicted molar refractivity (Wildman–Crippen MR) is 235 cm³/mol. The number of hydrogen-bond acceptors (Lipinski definition) is 10. The lowest BCUT2D eigenvalue weighted by Gasteiger charge is -2.71. The fourth-order valence-electron chi connectivity index (χ4n) is 14.1. The third kappa shape index (κ3) is 7.67. The number of allylic oxidation sites excluding steroid dienone is 4. The molecule has 0 unspecified atom stereocenters. The van der Waals surface area contributed by atoms with Crippen LogP contribution in [0.3, 0.4) is 0 Å². The van der Waals surface area contributed by atoms with Gasteiger partial charge in [0.05, 0.1) is 23.4 Å². The van der Waals surface area contributed by atoms with Gasteiger partial charge < -0.3 is 35.8 Å². The number of ketones is 2. The van der Waals surface area contributed by atoms with Crippen LogP contribution in [0.25, 0.3) is 0 Å². The maximum atomic E-state index is 14.1. The van der Waals surface area contributed by atoms with Crippen LogP contribution < -0.4 is 20.9 Å². The fourth-order valence-corrected chi connectivity index (χ4v) is 14.3. The van der Waals surface area contributed by atoms with Crippen LogP contribution in [0.5, 0.6) is 0 Å². The normalized spacial score (nSPS) is 36.6. The van der Waals surface area contributed by atoms with Crippen molar-refractivity contribution in [3.63, 3.8) is 0 Å². The molecule has 5 N–H and O–H groups in total. The number of esters is 1. The molecular formula is C48H63BrN4O9. The zero-order valence-electron chi connectivity index (χ0n) is 36.7. The van der Waals surface area contributed by atoms with Crippen LogP contribution in [-0.2, 0) is 39.9 Å². The van der Waals surface area contributed by atoms with Crippen molar-refractivity contribution in [2.24, 2.45) is 45.3 Å². The summed E-state index contributed by atoms with van der Waals surface area (Å²) in [6.07, 6.45) is 11.1. The van der Waals surface area contributed by atoms with Crippen LogP contribution in [0.4, 0.5) is 5.69 Å². The van der Waals surface area contributed by atoms with Crippen molar-refractivity contribution in [1.29, 1.82) is 0 Å². The second-order valence-electron chi connectivity index (χ2n) is 21.4. The van der Waals surface area contributed by atoms with E-state index in [1.807, 2.05) is 6.08 Å². The highest BCUT2D eigenvalue weighted by Crippen LogP contribution is 2.73. The Morgan fingerprint density at radius 2 is 1.76 bits per heavy atom. The van der Waals surface area contributed by atoms with Gasteiger partial charge in [-0.05, 0) is 137 Å². The van der Waals surface area contributed by atoms with Gasteiger partial charge in [0.25, 0.3) is 0 Å². The number of anilines is 1. The van der Waals surface area contributed by atoms with Gasteiger partial charge in [0, 0.05) is 42.1 Å². The van der Waals surface area contributed by atoms with Gasteiger partial charge in [-0.3, -0.25) is 28.8 Å². The summed E-state index contributed by atoms with van der Waals surface area (Å²) in [6, 6.07) is 7.60. The SMILES string of the molecule is CC(C)(C)OC(=O)CC[C@H](NC(=O)CNC(=O)CBr)C(=O)NC12CC(Cc3ccc(N4C[C@@H]5C[C@H]6[C@@H]7CCC8=CC(=O)C=C[C@]8(C)[C@H]7[C@@H](O)C[C@]6(C)[C@]5(C(=O)CO)C4)cc3)(C1)C2. The van der Waals surface area contributed by atoms with Gasteiger partial charge in [0.15, 0.2) is 11.6 Å². The lowest BCUT2D eigenvalue weighted by atomic mass is 9.38. The monoisotopic (exact) mass is 918 g/mol. The molecule has 14 heteroatoms. The number of aliphatic hydroxyl groups excluding tert-OH is 2. The Bertz CT molecular complexity index is 2080. The van der Waals surface area contributed by atoms with Crippen LogP contribution >= 0.6 is 15.9 Å². The van der Waals surface area contributed by atoms with Crippen LogP contribution in [0.15, 0.2) is 48.1 Å². The van der Waals surface area contributed by atoms with Gasteiger partial charge >= 0.3 is 5.97 Å². The first-order valence-electron chi connectivity index (χ1n) is 22.4. The number of rotatable bonds is 14. The molecule has 8 aliphatic rings. The number of amides is 3. The molecule has 1 aromatic rings. The largest absolute Gasteiger partial charge is 0.460 e. The maximum Gasteiger partial charge on any atom is 0.306 e. The van der Waals surface area contributed by atoms with Gasteiger partial charge in [-0.1, -0.05) is 53.6 Å².